The highest BCUT2D eigenvalue weighted by Crippen LogP contribution is 2.22. The maximum absolute atomic E-state index is 13.0. The van der Waals surface area contributed by atoms with Gasteiger partial charge in [0.1, 0.15) is 12.4 Å². The van der Waals surface area contributed by atoms with E-state index < -0.39 is 9.84 Å². The first kappa shape index (κ1) is 18.8. The van der Waals surface area contributed by atoms with Gasteiger partial charge in [0.15, 0.2) is 9.84 Å². The van der Waals surface area contributed by atoms with E-state index >= 15 is 0 Å². The lowest BCUT2D eigenvalue weighted by molar-refractivity contribution is 0.0696. The van der Waals surface area contributed by atoms with Gasteiger partial charge >= 0.3 is 0 Å². The summed E-state index contributed by atoms with van der Waals surface area (Å²) < 4.78 is 29.3. The third-order valence-electron chi connectivity index (χ3n) is 4.33. The molecule has 2 heterocycles. The first-order valence-corrected chi connectivity index (χ1v) is 11.4. The van der Waals surface area contributed by atoms with Crippen molar-refractivity contribution in [2.45, 2.75) is 32.4 Å². The number of benzene rings is 1. The second-order valence-electron chi connectivity index (χ2n) is 6.35. The maximum atomic E-state index is 13.0. The standard InChI is InChI=1S/C18H22N2O4S2/c1-2-7-20(16-6-8-26(22,23)12-16)18(21)14-4-3-5-17(9-14)24-10-15-11-25-13-19-15/h3-5,9,11,13,16H,2,6-8,10,12H2,1H3. The fourth-order valence-corrected chi connectivity index (χ4v) is 5.34. The maximum Gasteiger partial charge on any atom is 0.254 e. The lowest BCUT2D eigenvalue weighted by atomic mass is 10.1. The molecular formula is C18H22N2O4S2. The highest BCUT2D eigenvalue weighted by atomic mass is 32.2. The SMILES string of the molecule is CCCN(C(=O)c1cccc(OCc2cscn2)c1)C1CCS(=O)(=O)C1. The van der Waals surface area contributed by atoms with Crippen LogP contribution >= 0.6 is 11.3 Å². The Balaban J connectivity index is 1.73. The van der Waals surface area contributed by atoms with E-state index in [9.17, 15) is 13.2 Å². The molecule has 1 atom stereocenters. The Morgan fingerprint density at radius 1 is 1.42 bits per heavy atom. The average molecular weight is 395 g/mol. The van der Waals surface area contributed by atoms with E-state index in [-0.39, 0.29) is 23.5 Å². The van der Waals surface area contributed by atoms with Crippen molar-refractivity contribution in [1.29, 1.82) is 0 Å². The number of ether oxygens (including phenoxy) is 1. The predicted octanol–water partition coefficient (Wildman–Crippen LogP) is 2.76. The van der Waals surface area contributed by atoms with E-state index in [0.29, 0.717) is 30.9 Å². The van der Waals surface area contributed by atoms with E-state index in [4.69, 9.17) is 4.74 Å². The average Bonchev–Trinajstić information content (AvgIpc) is 3.27. The summed E-state index contributed by atoms with van der Waals surface area (Å²) >= 11 is 1.51. The Morgan fingerprint density at radius 3 is 2.92 bits per heavy atom. The molecule has 1 aromatic carbocycles. The molecular weight excluding hydrogens is 372 g/mol. The lowest BCUT2D eigenvalue weighted by Gasteiger charge is -2.28. The van der Waals surface area contributed by atoms with Gasteiger partial charge in [-0.15, -0.1) is 11.3 Å². The molecule has 0 saturated carbocycles. The van der Waals surface area contributed by atoms with Crippen molar-refractivity contribution in [3.63, 3.8) is 0 Å². The minimum Gasteiger partial charge on any atom is -0.487 e. The topological polar surface area (TPSA) is 76.6 Å². The van der Waals surface area contributed by atoms with E-state index in [1.165, 1.54) is 11.3 Å². The minimum atomic E-state index is -3.04. The quantitative estimate of drug-likeness (QED) is 0.722. The van der Waals surface area contributed by atoms with Gasteiger partial charge in [-0.3, -0.25) is 4.79 Å². The van der Waals surface area contributed by atoms with Crippen LogP contribution in [0.15, 0.2) is 35.2 Å². The summed E-state index contributed by atoms with van der Waals surface area (Å²) in [4.78, 5) is 18.9. The molecule has 0 bridgehead atoms. The summed E-state index contributed by atoms with van der Waals surface area (Å²) in [5.74, 6) is 0.660. The van der Waals surface area contributed by atoms with Gasteiger partial charge in [-0.25, -0.2) is 13.4 Å². The zero-order valence-electron chi connectivity index (χ0n) is 14.6. The van der Waals surface area contributed by atoms with Crippen LogP contribution in [0.5, 0.6) is 5.75 Å². The molecule has 1 aliphatic heterocycles. The van der Waals surface area contributed by atoms with Crippen LogP contribution in [0, 0.1) is 0 Å². The largest absolute Gasteiger partial charge is 0.487 e. The van der Waals surface area contributed by atoms with Crippen LogP contribution in [-0.4, -0.2) is 48.3 Å². The number of carbonyl (C=O) groups excluding carboxylic acids is 1. The van der Waals surface area contributed by atoms with Crippen molar-refractivity contribution in [1.82, 2.24) is 9.88 Å². The Morgan fingerprint density at radius 2 is 2.27 bits per heavy atom. The summed E-state index contributed by atoms with van der Waals surface area (Å²) in [6.07, 6.45) is 1.29. The van der Waals surface area contributed by atoms with Gasteiger partial charge in [-0.1, -0.05) is 13.0 Å². The van der Waals surface area contributed by atoms with Crippen LogP contribution < -0.4 is 4.74 Å². The van der Waals surface area contributed by atoms with Crippen LogP contribution in [-0.2, 0) is 16.4 Å². The van der Waals surface area contributed by atoms with Gasteiger partial charge in [0.25, 0.3) is 5.91 Å². The van der Waals surface area contributed by atoms with E-state index in [1.807, 2.05) is 12.3 Å². The molecule has 26 heavy (non-hydrogen) atoms. The normalized spacial score (nSPS) is 18.6. The molecule has 1 unspecified atom stereocenters. The molecule has 0 spiro atoms. The van der Waals surface area contributed by atoms with Gasteiger partial charge in [0.2, 0.25) is 0 Å². The van der Waals surface area contributed by atoms with Gasteiger partial charge in [-0.05, 0) is 31.0 Å². The molecule has 1 fully saturated rings. The number of hydrogen-bond donors (Lipinski definition) is 0. The summed E-state index contributed by atoms with van der Waals surface area (Å²) in [7, 11) is -3.04. The minimum absolute atomic E-state index is 0.0543. The summed E-state index contributed by atoms with van der Waals surface area (Å²) in [5, 5.41) is 1.92. The number of amides is 1. The number of nitrogens with zero attached hydrogens (tertiary/aromatic N) is 2. The molecule has 0 radical (unpaired) electrons. The summed E-state index contributed by atoms with van der Waals surface area (Å²) in [6, 6.07) is 6.78. The zero-order chi connectivity index (χ0) is 18.6. The summed E-state index contributed by atoms with van der Waals surface area (Å²) in [6.45, 7) is 2.88. The van der Waals surface area contributed by atoms with Crippen LogP contribution in [0.1, 0.15) is 35.8 Å². The first-order valence-electron chi connectivity index (χ1n) is 8.60. The molecule has 1 amide bonds. The van der Waals surface area contributed by atoms with Gasteiger partial charge < -0.3 is 9.64 Å². The summed E-state index contributed by atoms with van der Waals surface area (Å²) in [5.41, 5.74) is 3.10. The van der Waals surface area contributed by atoms with Crippen LogP contribution in [0.25, 0.3) is 0 Å². The lowest BCUT2D eigenvalue weighted by Crippen LogP contribution is -2.41. The highest BCUT2D eigenvalue weighted by Gasteiger charge is 2.34. The van der Waals surface area contributed by atoms with Crippen LogP contribution in [0.2, 0.25) is 0 Å². The van der Waals surface area contributed by atoms with E-state index in [1.54, 1.807) is 34.7 Å². The van der Waals surface area contributed by atoms with E-state index in [0.717, 1.165) is 12.1 Å². The third-order valence-corrected chi connectivity index (χ3v) is 6.71. The molecule has 0 N–H and O–H groups in total. The second kappa shape index (κ2) is 8.18. The second-order valence-corrected chi connectivity index (χ2v) is 9.30. The molecule has 6 nitrogen and oxygen atoms in total. The molecule has 1 aromatic heterocycles. The molecule has 0 aliphatic carbocycles. The van der Waals surface area contributed by atoms with Crippen molar-refractivity contribution in [3.8, 4) is 5.75 Å². The van der Waals surface area contributed by atoms with Crippen LogP contribution in [0.3, 0.4) is 0 Å². The van der Waals surface area contributed by atoms with E-state index in [2.05, 4.69) is 4.98 Å². The van der Waals surface area contributed by atoms with Crippen molar-refractivity contribution in [2.75, 3.05) is 18.1 Å². The van der Waals surface area contributed by atoms with Crippen LogP contribution in [0.4, 0.5) is 0 Å². The Bertz CT molecular complexity index is 850. The molecule has 8 heteroatoms. The molecule has 1 aliphatic rings. The van der Waals surface area contributed by atoms with Crippen molar-refractivity contribution in [3.05, 3.63) is 46.4 Å². The fraction of sp³-hybridized carbons (Fsp3) is 0.444. The number of thiazole rings is 1. The number of aromatic nitrogens is 1. The Labute approximate surface area is 157 Å². The number of carbonyl (C=O) groups is 1. The monoisotopic (exact) mass is 394 g/mol. The molecule has 2 aromatic rings. The van der Waals surface area contributed by atoms with Gasteiger partial charge in [0.05, 0.1) is 22.7 Å². The Hall–Kier alpha value is -1.93. The highest BCUT2D eigenvalue weighted by molar-refractivity contribution is 7.91. The van der Waals surface area contributed by atoms with Gasteiger partial charge in [0, 0.05) is 23.5 Å². The van der Waals surface area contributed by atoms with Crippen molar-refractivity contribution < 1.29 is 17.9 Å². The van der Waals surface area contributed by atoms with Crippen molar-refractivity contribution in [2.24, 2.45) is 0 Å². The zero-order valence-corrected chi connectivity index (χ0v) is 16.3. The number of hydrogen-bond acceptors (Lipinski definition) is 6. The Kier molecular flexibility index (Phi) is 5.93. The molecule has 3 rings (SSSR count). The number of sulfone groups is 1. The van der Waals surface area contributed by atoms with Crippen molar-refractivity contribution >= 4 is 27.1 Å². The first-order chi connectivity index (χ1) is 12.5. The van der Waals surface area contributed by atoms with Gasteiger partial charge in [-0.2, -0.15) is 0 Å². The molecule has 140 valence electrons. The molecule has 1 saturated heterocycles. The number of rotatable bonds is 7. The predicted molar refractivity (Wildman–Crippen MR) is 101 cm³/mol. The smallest absolute Gasteiger partial charge is 0.254 e. The third kappa shape index (κ3) is 4.62. The fourth-order valence-electron chi connectivity index (χ4n) is 3.06.